The molecule has 2 rings (SSSR count). The predicted molar refractivity (Wildman–Crippen MR) is 110 cm³/mol. The number of hydrogen-bond donors (Lipinski definition) is 1. The second-order valence-corrected chi connectivity index (χ2v) is 9.57. The fourth-order valence-corrected chi connectivity index (χ4v) is 3.54. The van der Waals surface area contributed by atoms with E-state index < -0.39 is 11.4 Å². The van der Waals surface area contributed by atoms with Crippen molar-refractivity contribution in [2.24, 2.45) is 0 Å². The van der Waals surface area contributed by atoms with E-state index in [2.05, 4.69) is 48.0 Å². The molecule has 0 saturated heterocycles. The van der Waals surface area contributed by atoms with E-state index in [-0.39, 0.29) is 16.9 Å². The van der Waals surface area contributed by atoms with Crippen molar-refractivity contribution in [1.82, 2.24) is 4.72 Å². The predicted octanol–water partition coefficient (Wildman–Crippen LogP) is 4.95. The Morgan fingerprint density at radius 3 is 2.31 bits per heavy atom. The summed E-state index contributed by atoms with van der Waals surface area (Å²) in [5.41, 5.74) is 3.52. The van der Waals surface area contributed by atoms with Crippen molar-refractivity contribution in [2.45, 2.75) is 64.5 Å². The van der Waals surface area contributed by atoms with Gasteiger partial charge < -0.3 is 9.29 Å². The summed E-state index contributed by atoms with van der Waals surface area (Å²) in [7, 11) is 0. The van der Waals surface area contributed by atoms with Gasteiger partial charge in [-0.15, -0.1) is 4.72 Å². The van der Waals surface area contributed by atoms with E-state index in [0.29, 0.717) is 6.61 Å². The minimum Gasteiger partial charge on any atom is -0.598 e. The van der Waals surface area contributed by atoms with Crippen molar-refractivity contribution in [2.75, 3.05) is 0 Å². The van der Waals surface area contributed by atoms with E-state index in [1.165, 1.54) is 5.56 Å². The van der Waals surface area contributed by atoms with Gasteiger partial charge in [-0.1, -0.05) is 61.5 Å². The van der Waals surface area contributed by atoms with Gasteiger partial charge in [0.2, 0.25) is 0 Å². The Labute approximate surface area is 161 Å². The highest BCUT2D eigenvalue weighted by Crippen LogP contribution is 2.25. The largest absolute Gasteiger partial charge is 0.598 e. The molecule has 142 valence electrons. The van der Waals surface area contributed by atoms with Gasteiger partial charge in [0.25, 0.3) is 0 Å². The molecule has 3 atom stereocenters. The lowest BCUT2D eigenvalue weighted by atomic mass is 10.00. The van der Waals surface area contributed by atoms with Crippen LogP contribution in [0.5, 0.6) is 0 Å². The Kier molecular flexibility index (Phi) is 7.71. The van der Waals surface area contributed by atoms with Crippen molar-refractivity contribution in [3.63, 3.8) is 0 Å². The van der Waals surface area contributed by atoms with Crippen LogP contribution in [0.15, 0.2) is 54.6 Å². The minimum atomic E-state index is -1.18. The second kappa shape index (κ2) is 9.56. The van der Waals surface area contributed by atoms with Crippen LogP contribution < -0.4 is 4.72 Å². The molecule has 0 saturated carbocycles. The van der Waals surface area contributed by atoms with Crippen molar-refractivity contribution in [1.29, 1.82) is 0 Å². The highest BCUT2D eigenvalue weighted by Gasteiger charge is 2.32. The quantitative estimate of drug-likeness (QED) is 0.666. The van der Waals surface area contributed by atoms with Crippen LogP contribution in [0.3, 0.4) is 0 Å². The summed E-state index contributed by atoms with van der Waals surface area (Å²) in [5, 5.41) is 0. The lowest BCUT2D eigenvalue weighted by Crippen LogP contribution is -2.44. The van der Waals surface area contributed by atoms with Crippen LogP contribution in [0.4, 0.5) is 0 Å². The SMILES string of the molecule is CCc1cccc(C(N[S@@+]([O-])C(C)(C)C)C(C)OCc2ccccc2)c1. The van der Waals surface area contributed by atoms with Crippen LogP contribution in [0, 0.1) is 0 Å². The standard InChI is InChI=1S/C22H31NO2S/c1-6-18-13-10-14-20(15-18)21(23-26(24)22(3,4)5)17(2)25-16-19-11-8-7-9-12-19/h7-15,17,21,23H,6,16H2,1-5H3/t17?,21?,26-/m0/s1. The molecular formula is C22H31NO2S. The fourth-order valence-electron chi connectivity index (χ4n) is 2.63. The monoisotopic (exact) mass is 373 g/mol. The van der Waals surface area contributed by atoms with Gasteiger partial charge in [0.05, 0.1) is 12.7 Å². The summed E-state index contributed by atoms with van der Waals surface area (Å²) in [4.78, 5) is 0. The summed E-state index contributed by atoms with van der Waals surface area (Å²) >= 11 is -1.18. The zero-order valence-electron chi connectivity index (χ0n) is 16.5. The lowest BCUT2D eigenvalue weighted by Gasteiger charge is -2.31. The van der Waals surface area contributed by atoms with E-state index in [1.54, 1.807) is 0 Å². The molecule has 0 aliphatic heterocycles. The Bertz CT molecular complexity index is 669. The van der Waals surface area contributed by atoms with Crippen LogP contribution in [0.2, 0.25) is 0 Å². The van der Waals surface area contributed by atoms with Crippen molar-refractivity contribution < 1.29 is 9.29 Å². The van der Waals surface area contributed by atoms with E-state index in [9.17, 15) is 4.55 Å². The molecule has 0 amide bonds. The third-order valence-corrected chi connectivity index (χ3v) is 5.91. The number of hydrogen-bond acceptors (Lipinski definition) is 3. The molecule has 26 heavy (non-hydrogen) atoms. The number of nitrogens with one attached hydrogen (secondary N) is 1. The average Bonchev–Trinajstić information content (AvgIpc) is 2.64. The number of rotatable bonds is 8. The molecule has 4 heteroatoms. The maximum Gasteiger partial charge on any atom is 0.136 e. The van der Waals surface area contributed by atoms with Crippen LogP contribution in [0.25, 0.3) is 0 Å². The third-order valence-electron chi connectivity index (χ3n) is 4.33. The second-order valence-electron chi connectivity index (χ2n) is 7.58. The first-order chi connectivity index (χ1) is 12.3. The Morgan fingerprint density at radius 1 is 1.04 bits per heavy atom. The highest BCUT2D eigenvalue weighted by molar-refractivity contribution is 7.90. The molecule has 2 aromatic rings. The van der Waals surface area contributed by atoms with Gasteiger partial charge in [0, 0.05) is 11.4 Å². The van der Waals surface area contributed by atoms with Gasteiger partial charge in [-0.05, 0) is 50.8 Å². The zero-order valence-corrected chi connectivity index (χ0v) is 17.3. The van der Waals surface area contributed by atoms with Gasteiger partial charge in [0.1, 0.15) is 10.8 Å². The molecule has 3 nitrogen and oxygen atoms in total. The molecular weight excluding hydrogens is 342 g/mol. The summed E-state index contributed by atoms with van der Waals surface area (Å²) in [5.74, 6) is 0. The zero-order chi connectivity index (χ0) is 19.2. The first-order valence-electron chi connectivity index (χ1n) is 9.23. The molecule has 0 aliphatic carbocycles. The molecule has 0 aromatic heterocycles. The summed E-state index contributed by atoms with van der Waals surface area (Å²) in [6.45, 7) is 10.7. The Balaban J connectivity index is 2.18. The molecule has 2 aromatic carbocycles. The summed E-state index contributed by atoms with van der Waals surface area (Å²) in [6, 6.07) is 18.4. The molecule has 0 aliphatic rings. The third kappa shape index (κ3) is 6.13. The molecule has 1 N–H and O–H groups in total. The van der Waals surface area contributed by atoms with Crippen molar-refractivity contribution in [3.8, 4) is 0 Å². The maximum absolute atomic E-state index is 12.7. The van der Waals surface area contributed by atoms with E-state index >= 15 is 0 Å². The van der Waals surface area contributed by atoms with Crippen LogP contribution in [0.1, 0.15) is 57.4 Å². The first-order valence-corrected chi connectivity index (χ1v) is 10.4. The van der Waals surface area contributed by atoms with Gasteiger partial charge in [-0.25, -0.2) is 0 Å². The van der Waals surface area contributed by atoms with Crippen molar-refractivity contribution in [3.05, 3.63) is 71.3 Å². The number of benzene rings is 2. The van der Waals surface area contributed by atoms with Crippen LogP contribution in [-0.2, 0) is 29.1 Å². The van der Waals surface area contributed by atoms with Gasteiger partial charge in [-0.2, -0.15) is 0 Å². The first kappa shape index (κ1) is 21.0. The number of ether oxygens (including phenoxy) is 1. The molecule has 0 spiro atoms. The summed E-state index contributed by atoms with van der Waals surface area (Å²) < 4.78 is 21.8. The fraction of sp³-hybridized carbons (Fsp3) is 0.455. The van der Waals surface area contributed by atoms with Gasteiger partial charge >= 0.3 is 0 Å². The van der Waals surface area contributed by atoms with Crippen LogP contribution in [-0.4, -0.2) is 15.4 Å². The Hall–Kier alpha value is -1.33. The lowest BCUT2D eigenvalue weighted by molar-refractivity contribution is 0.0317. The van der Waals surface area contributed by atoms with Crippen molar-refractivity contribution >= 4 is 11.4 Å². The number of aryl methyl sites for hydroxylation is 1. The van der Waals surface area contributed by atoms with E-state index in [0.717, 1.165) is 17.5 Å². The molecule has 0 bridgehead atoms. The average molecular weight is 374 g/mol. The molecule has 2 unspecified atom stereocenters. The van der Waals surface area contributed by atoms with Gasteiger partial charge in [0.15, 0.2) is 0 Å². The topological polar surface area (TPSA) is 44.3 Å². The van der Waals surface area contributed by atoms with E-state index in [4.69, 9.17) is 4.74 Å². The van der Waals surface area contributed by atoms with Gasteiger partial charge in [-0.3, -0.25) is 0 Å². The smallest absolute Gasteiger partial charge is 0.136 e. The Morgan fingerprint density at radius 2 is 1.69 bits per heavy atom. The maximum atomic E-state index is 12.7. The summed E-state index contributed by atoms with van der Waals surface area (Å²) in [6.07, 6.45) is 0.857. The molecule has 0 fully saturated rings. The minimum absolute atomic E-state index is 0.117. The van der Waals surface area contributed by atoms with Crippen LogP contribution >= 0.6 is 0 Å². The normalized spacial score (nSPS) is 15.5. The van der Waals surface area contributed by atoms with E-state index in [1.807, 2.05) is 45.9 Å². The molecule has 0 heterocycles. The molecule has 0 radical (unpaired) electrons. The highest BCUT2D eigenvalue weighted by atomic mass is 32.2.